The number of benzene rings is 1. The minimum absolute atomic E-state index is 0.0238. The maximum Gasteiger partial charge on any atom is 0.254 e. The van der Waals surface area contributed by atoms with Crippen molar-refractivity contribution in [3.05, 3.63) is 35.4 Å². The van der Waals surface area contributed by atoms with E-state index in [1.54, 1.807) is 0 Å². The SMILES string of the molecule is CC(C)(C)c1ccccc1C(=O)N1CCCCC1CO. The largest absolute Gasteiger partial charge is 0.394 e. The van der Waals surface area contributed by atoms with Gasteiger partial charge in [0.1, 0.15) is 0 Å². The molecular weight excluding hydrogens is 250 g/mol. The first-order valence-electron chi connectivity index (χ1n) is 7.46. The van der Waals surface area contributed by atoms with E-state index in [1.807, 2.05) is 29.2 Å². The lowest BCUT2D eigenvalue weighted by Crippen LogP contribution is -2.46. The zero-order chi connectivity index (χ0) is 14.8. The average molecular weight is 275 g/mol. The van der Waals surface area contributed by atoms with Gasteiger partial charge in [0, 0.05) is 12.1 Å². The van der Waals surface area contributed by atoms with Crippen LogP contribution >= 0.6 is 0 Å². The van der Waals surface area contributed by atoms with Gasteiger partial charge in [0.25, 0.3) is 5.91 Å². The van der Waals surface area contributed by atoms with Crippen LogP contribution in [-0.4, -0.2) is 35.1 Å². The summed E-state index contributed by atoms with van der Waals surface area (Å²) in [6, 6.07) is 7.82. The second-order valence-corrected chi connectivity index (χ2v) is 6.63. The highest BCUT2D eigenvalue weighted by atomic mass is 16.3. The molecule has 0 radical (unpaired) electrons. The summed E-state index contributed by atoms with van der Waals surface area (Å²) in [5.74, 6) is 0.0641. The van der Waals surface area contributed by atoms with Crippen molar-refractivity contribution in [3.63, 3.8) is 0 Å². The first-order chi connectivity index (χ1) is 9.45. The molecule has 1 unspecified atom stereocenters. The van der Waals surface area contributed by atoms with E-state index in [4.69, 9.17) is 0 Å². The monoisotopic (exact) mass is 275 g/mol. The standard InChI is InChI=1S/C17H25NO2/c1-17(2,3)15-10-5-4-9-14(15)16(20)18-11-7-6-8-13(18)12-19/h4-5,9-10,13,19H,6-8,11-12H2,1-3H3. The molecule has 3 heteroatoms. The fourth-order valence-electron chi connectivity index (χ4n) is 2.94. The first-order valence-corrected chi connectivity index (χ1v) is 7.46. The summed E-state index contributed by atoms with van der Waals surface area (Å²) in [4.78, 5) is 14.7. The molecule has 1 aliphatic heterocycles. The number of aliphatic hydroxyl groups excluding tert-OH is 1. The third-order valence-electron chi connectivity index (χ3n) is 4.06. The highest BCUT2D eigenvalue weighted by molar-refractivity contribution is 5.96. The van der Waals surface area contributed by atoms with Crippen molar-refractivity contribution in [2.45, 2.75) is 51.5 Å². The van der Waals surface area contributed by atoms with Gasteiger partial charge in [-0.25, -0.2) is 0 Å². The van der Waals surface area contributed by atoms with Gasteiger partial charge in [-0.2, -0.15) is 0 Å². The van der Waals surface area contributed by atoms with Crippen molar-refractivity contribution >= 4 is 5.91 Å². The second-order valence-electron chi connectivity index (χ2n) is 6.63. The number of rotatable bonds is 2. The van der Waals surface area contributed by atoms with Crippen molar-refractivity contribution in [1.82, 2.24) is 4.90 Å². The highest BCUT2D eigenvalue weighted by Crippen LogP contribution is 2.28. The van der Waals surface area contributed by atoms with Gasteiger partial charge in [0.05, 0.1) is 12.6 Å². The number of aliphatic hydroxyl groups is 1. The van der Waals surface area contributed by atoms with Gasteiger partial charge in [0.2, 0.25) is 0 Å². The Morgan fingerprint density at radius 1 is 1.30 bits per heavy atom. The smallest absolute Gasteiger partial charge is 0.254 e. The molecule has 2 rings (SSSR count). The molecule has 0 spiro atoms. The molecule has 1 aliphatic rings. The summed E-state index contributed by atoms with van der Waals surface area (Å²) in [7, 11) is 0. The van der Waals surface area contributed by atoms with Crippen molar-refractivity contribution in [2.75, 3.05) is 13.2 Å². The molecule has 0 aliphatic carbocycles. The second kappa shape index (κ2) is 5.96. The summed E-state index contributed by atoms with van der Waals surface area (Å²) in [6.07, 6.45) is 3.02. The summed E-state index contributed by atoms with van der Waals surface area (Å²) in [5, 5.41) is 9.49. The molecule has 1 amide bonds. The first kappa shape index (κ1) is 15.0. The lowest BCUT2D eigenvalue weighted by Gasteiger charge is -2.36. The van der Waals surface area contributed by atoms with E-state index in [0.717, 1.165) is 36.9 Å². The van der Waals surface area contributed by atoms with Crippen LogP contribution in [0.15, 0.2) is 24.3 Å². The molecule has 1 fully saturated rings. The van der Waals surface area contributed by atoms with Crippen molar-refractivity contribution in [3.8, 4) is 0 Å². The quantitative estimate of drug-likeness (QED) is 0.901. The van der Waals surface area contributed by atoms with E-state index in [1.165, 1.54) is 0 Å². The van der Waals surface area contributed by atoms with Crippen molar-refractivity contribution in [1.29, 1.82) is 0 Å². The Bertz CT molecular complexity index is 476. The van der Waals surface area contributed by atoms with Gasteiger partial charge in [-0.15, -0.1) is 0 Å². The molecule has 1 N–H and O–H groups in total. The fraction of sp³-hybridized carbons (Fsp3) is 0.588. The van der Waals surface area contributed by atoms with Crippen LogP contribution in [0.4, 0.5) is 0 Å². The van der Waals surface area contributed by atoms with Gasteiger partial charge < -0.3 is 10.0 Å². The third kappa shape index (κ3) is 3.04. The number of amides is 1. The van der Waals surface area contributed by atoms with Crippen LogP contribution in [0.1, 0.15) is 56.0 Å². The van der Waals surface area contributed by atoms with Crippen molar-refractivity contribution in [2.24, 2.45) is 0 Å². The van der Waals surface area contributed by atoms with Gasteiger partial charge in [0.15, 0.2) is 0 Å². The zero-order valence-electron chi connectivity index (χ0n) is 12.7. The van der Waals surface area contributed by atoms with Gasteiger partial charge in [-0.1, -0.05) is 39.0 Å². The minimum Gasteiger partial charge on any atom is -0.394 e. The van der Waals surface area contributed by atoms with Crippen LogP contribution in [0.25, 0.3) is 0 Å². The normalized spacial score (nSPS) is 20.0. The number of hydrogen-bond acceptors (Lipinski definition) is 2. The molecule has 20 heavy (non-hydrogen) atoms. The van der Waals surface area contributed by atoms with E-state index in [9.17, 15) is 9.90 Å². The maximum absolute atomic E-state index is 12.9. The van der Waals surface area contributed by atoms with E-state index in [2.05, 4.69) is 20.8 Å². The van der Waals surface area contributed by atoms with Gasteiger partial charge >= 0.3 is 0 Å². The number of carbonyl (C=O) groups is 1. The lowest BCUT2D eigenvalue weighted by molar-refractivity contribution is 0.0500. The minimum atomic E-state index is -0.0588. The molecule has 0 aromatic heterocycles. The van der Waals surface area contributed by atoms with E-state index in [-0.39, 0.29) is 24.0 Å². The molecular formula is C17H25NO2. The van der Waals surface area contributed by atoms with Gasteiger partial charge in [-0.3, -0.25) is 4.79 Å². The fourth-order valence-corrected chi connectivity index (χ4v) is 2.94. The van der Waals surface area contributed by atoms with E-state index < -0.39 is 0 Å². The topological polar surface area (TPSA) is 40.5 Å². The third-order valence-corrected chi connectivity index (χ3v) is 4.06. The average Bonchev–Trinajstić information content (AvgIpc) is 2.45. The summed E-state index contributed by atoms with van der Waals surface area (Å²) in [5.41, 5.74) is 1.80. The molecule has 1 aromatic rings. The molecule has 1 aromatic carbocycles. The van der Waals surface area contributed by atoms with E-state index in [0.29, 0.717) is 0 Å². The van der Waals surface area contributed by atoms with Crippen LogP contribution in [0, 0.1) is 0 Å². The molecule has 0 saturated carbocycles. The molecule has 1 atom stereocenters. The van der Waals surface area contributed by atoms with Crippen molar-refractivity contribution < 1.29 is 9.90 Å². The van der Waals surface area contributed by atoms with Crippen LogP contribution in [0.2, 0.25) is 0 Å². The number of nitrogens with zero attached hydrogens (tertiary/aromatic N) is 1. The Morgan fingerprint density at radius 2 is 2.00 bits per heavy atom. The highest BCUT2D eigenvalue weighted by Gasteiger charge is 2.30. The molecule has 1 heterocycles. The predicted molar refractivity (Wildman–Crippen MR) is 80.9 cm³/mol. The maximum atomic E-state index is 12.9. The number of carbonyl (C=O) groups excluding carboxylic acids is 1. The molecule has 1 saturated heterocycles. The lowest BCUT2D eigenvalue weighted by atomic mass is 9.83. The van der Waals surface area contributed by atoms with Crippen LogP contribution < -0.4 is 0 Å². The Balaban J connectivity index is 2.33. The number of hydrogen-bond donors (Lipinski definition) is 1. The zero-order valence-corrected chi connectivity index (χ0v) is 12.7. The van der Waals surface area contributed by atoms with Crippen LogP contribution in [-0.2, 0) is 5.41 Å². The summed E-state index contributed by atoms with van der Waals surface area (Å²) >= 11 is 0. The van der Waals surface area contributed by atoms with Crippen LogP contribution in [0.3, 0.4) is 0 Å². The summed E-state index contributed by atoms with van der Waals surface area (Å²) < 4.78 is 0. The Labute approximate surface area is 121 Å². The van der Waals surface area contributed by atoms with Crippen LogP contribution in [0.5, 0.6) is 0 Å². The molecule has 3 nitrogen and oxygen atoms in total. The Hall–Kier alpha value is -1.35. The number of likely N-dealkylation sites (tertiary alicyclic amines) is 1. The Morgan fingerprint density at radius 3 is 2.65 bits per heavy atom. The Kier molecular flexibility index (Phi) is 4.48. The predicted octanol–water partition coefficient (Wildman–Crippen LogP) is 2.97. The molecule has 0 bridgehead atoms. The summed E-state index contributed by atoms with van der Waals surface area (Å²) in [6.45, 7) is 7.18. The van der Waals surface area contributed by atoms with Gasteiger partial charge in [-0.05, 0) is 36.3 Å². The number of piperidine rings is 1. The molecule has 110 valence electrons. The van der Waals surface area contributed by atoms with E-state index >= 15 is 0 Å².